The van der Waals surface area contributed by atoms with Crippen molar-refractivity contribution in [2.75, 3.05) is 17.2 Å². The summed E-state index contributed by atoms with van der Waals surface area (Å²) in [5.74, 6) is -0.191. The van der Waals surface area contributed by atoms with Crippen LogP contribution in [0.1, 0.15) is 29.4 Å². The Bertz CT molecular complexity index is 605. The molecule has 0 aliphatic carbocycles. The van der Waals surface area contributed by atoms with Crippen LogP contribution >= 0.6 is 0 Å². The quantitative estimate of drug-likeness (QED) is 0.876. The van der Waals surface area contributed by atoms with Crippen LogP contribution in [-0.4, -0.2) is 27.2 Å². The summed E-state index contributed by atoms with van der Waals surface area (Å²) in [7, 11) is 1.80. The number of amides is 1. The van der Waals surface area contributed by atoms with Gasteiger partial charge in [0.2, 0.25) is 0 Å². The van der Waals surface area contributed by atoms with Crippen molar-refractivity contribution in [3.05, 3.63) is 35.9 Å². The molecule has 2 N–H and O–H groups in total. The van der Waals surface area contributed by atoms with Crippen molar-refractivity contribution in [3.63, 3.8) is 0 Å². The van der Waals surface area contributed by atoms with E-state index in [9.17, 15) is 4.79 Å². The molecule has 0 aliphatic heterocycles. The molecule has 0 unspecified atom stereocenters. The van der Waals surface area contributed by atoms with Crippen molar-refractivity contribution in [3.8, 4) is 0 Å². The maximum absolute atomic E-state index is 12.3. The van der Waals surface area contributed by atoms with E-state index in [1.807, 2.05) is 13.0 Å². The molecule has 0 spiro atoms. The topological polar surface area (TPSA) is 71.8 Å². The summed E-state index contributed by atoms with van der Waals surface area (Å²) in [5.41, 5.74) is 2.88. The molecule has 0 aliphatic rings. The van der Waals surface area contributed by atoms with E-state index in [2.05, 4.69) is 27.6 Å². The standard InChI is InChI=1S/C14H19N5O/c1-4-5-15-13-6-10(2)16-8-12(13)14(20)18-11-7-17-19(3)9-11/h6-9H,4-5H2,1-3H3,(H,15,16)(H,18,20). The van der Waals surface area contributed by atoms with Crippen LogP contribution in [0.5, 0.6) is 0 Å². The van der Waals surface area contributed by atoms with Crippen molar-refractivity contribution in [2.45, 2.75) is 20.3 Å². The molecule has 106 valence electrons. The molecule has 0 atom stereocenters. The van der Waals surface area contributed by atoms with E-state index >= 15 is 0 Å². The van der Waals surface area contributed by atoms with Crippen molar-refractivity contribution < 1.29 is 4.79 Å². The van der Waals surface area contributed by atoms with Gasteiger partial charge in [-0.3, -0.25) is 14.5 Å². The molecule has 0 radical (unpaired) electrons. The first-order valence-corrected chi connectivity index (χ1v) is 6.60. The second-order valence-corrected chi connectivity index (χ2v) is 4.65. The first kappa shape index (κ1) is 14.0. The number of carbonyl (C=O) groups excluding carboxylic acids is 1. The molecule has 0 fully saturated rings. The normalized spacial score (nSPS) is 10.3. The van der Waals surface area contributed by atoms with Crippen LogP contribution in [0.4, 0.5) is 11.4 Å². The number of aryl methyl sites for hydroxylation is 2. The van der Waals surface area contributed by atoms with Gasteiger partial charge in [0.25, 0.3) is 5.91 Å². The van der Waals surface area contributed by atoms with E-state index in [0.29, 0.717) is 11.3 Å². The summed E-state index contributed by atoms with van der Waals surface area (Å²) in [4.78, 5) is 16.5. The van der Waals surface area contributed by atoms with E-state index in [1.54, 1.807) is 30.3 Å². The van der Waals surface area contributed by atoms with E-state index in [4.69, 9.17) is 0 Å². The van der Waals surface area contributed by atoms with Gasteiger partial charge in [0.1, 0.15) is 0 Å². The van der Waals surface area contributed by atoms with E-state index in [-0.39, 0.29) is 5.91 Å². The first-order chi connectivity index (χ1) is 9.60. The van der Waals surface area contributed by atoms with Gasteiger partial charge in [-0.1, -0.05) is 6.92 Å². The van der Waals surface area contributed by atoms with Crippen molar-refractivity contribution in [1.82, 2.24) is 14.8 Å². The zero-order chi connectivity index (χ0) is 14.5. The van der Waals surface area contributed by atoms with Gasteiger partial charge < -0.3 is 10.6 Å². The molecular formula is C14H19N5O. The predicted molar refractivity (Wildman–Crippen MR) is 78.9 cm³/mol. The van der Waals surface area contributed by atoms with Crippen LogP contribution in [0.2, 0.25) is 0 Å². The van der Waals surface area contributed by atoms with Crippen LogP contribution in [0.15, 0.2) is 24.7 Å². The fourth-order valence-corrected chi connectivity index (χ4v) is 1.83. The number of nitrogens with zero attached hydrogens (tertiary/aromatic N) is 3. The zero-order valence-electron chi connectivity index (χ0n) is 12.0. The molecule has 2 rings (SSSR count). The van der Waals surface area contributed by atoms with Crippen LogP contribution in [0.3, 0.4) is 0 Å². The molecule has 1 amide bonds. The number of nitrogens with one attached hydrogen (secondary N) is 2. The second-order valence-electron chi connectivity index (χ2n) is 4.65. The lowest BCUT2D eigenvalue weighted by molar-refractivity contribution is 0.102. The van der Waals surface area contributed by atoms with Crippen LogP contribution in [-0.2, 0) is 7.05 Å². The van der Waals surface area contributed by atoms with E-state index in [0.717, 1.165) is 24.3 Å². The fraction of sp³-hybridized carbons (Fsp3) is 0.357. The van der Waals surface area contributed by atoms with Crippen molar-refractivity contribution in [2.24, 2.45) is 7.05 Å². The lowest BCUT2D eigenvalue weighted by atomic mass is 10.2. The Labute approximate surface area is 118 Å². The molecule has 2 heterocycles. The van der Waals surface area contributed by atoms with Crippen molar-refractivity contribution in [1.29, 1.82) is 0 Å². The zero-order valence-corrected chi connectivity index (χ0v) is 12.0. The molecular weight excluding hydrogens is 254 g/mol. The highest BCUT2D eigenvalue weighted by Crippen LogP contribution is 2.17. The van der Waals surface area contributed by atoms with Gasteiger partial charge in [-0.15, -0.1) is 0 Å². The SMILES string of the molecule is CCCNc1cc(C)ncc1C(=O)Nc1cnn(C)c1. The number of carbonyl (C=O) groups is 1. The van der Waals surface area contributed by atoms with Crippen LogP contribution in [0, 0.1) is 6.92 Å². The monoisotopic (exact) mass is 273 g/mol. The second kappa shape index (κ2) is 6.18. The third kappa shape index (κ3) is 3.34. The summed E-state index contributed by atoms with van der Waals surface area (Å²) in [5, 5.41) is 10.1. The molecule has 6 heteroatoms. The third-order valence-electron chi connectivity index (χ3n) is 2.81. The van der Waals surface area contributed by atoms with Gasteiger partial charge in [-0.25, -0.2) is 0 Å². The number of aromatic nitrogens is 3. The molecule has 0 saturated heterocycles. The molecule has 2 aromatic rings. The van der Waals surface area contributed by atoms with Gasteiger partial charge >= 0.3 is 0 Å². The van der Waals surface area contributed by atoms with Gasteiger partial charge in [0.05, 0.1) is 23.1 Å². The molecule has 2 aromatic heterocycles. The van der Waals surface area contributed by atoms with Gasteiger partial charge in [-0.2, -0.15) is 5.10 Å². The molecule has 0 saturated carbocycles. The molecule has 0 aromatic carbocycles. The average molecular weight is 273 g/mol. The summed E-state index contributed by atoms with van der Waals surface area (Å²) in [6.07, 6.45) is 5.95. The highest BCUT2D eigenvalue weighted by Gasteiger charge is 2.13. The van der Waals surface area contributed by atoms with Gasteiger partial charge in [-0.05, 0) is 19.4 Å². The van der Waals surface area contributed by atoms with Crippen LogP contribution in [0.25, 0.3) is 0 Å². The van der Waals surface area contributed by atoms with Crippen LogP contribution < -0.4 is 10.6 Å². The summed E-state index contributed by atoms with van der Waals surface area (Å²) >= 11 is 0. The smallest absolute Gasteiger partial charge is 0.259 e. The third-order valence-corrected chi connectivity index (χ3v) is 2.81. The minimum Gasteiger partial charge on any atom is -0.384 e. The summed E-state index contributed by atoms with van der Waals surface area (Å²) in [6.45, 7) is 4.80. The van der Waals surface area contributed by atoms with E-state index < -0.39 is 0 Å². The number of rotatable bonds is 5. The minimum atomic E-state index is -0.191. The number of hydrogen-bond acceptors (Lipinski definition) is 4. The largest absolute Gasteiger partial charge is 0.384 e. The predicted octanol–water partition coefficient (Wildman–Crippen LogP) is 2.20. The molecule has 20 heavy (non-hydrogen) atoms. The molecule has 0 bridgehead atoms. The lowest BCUT2D eigenvalue weighted by Gasteiger charge is -2.11. The number of anilines is 2. The Kier molecular flexibility index (Phi) is 4.34. The minimum absolute atomic E-state index is 0.191. The maximum atomic E-state index is 12.3. The summed E-state index contributed by atoms with van der Waals surface area (Å²) in [6, 6.07) is 1.88. The highest BCUT2D eigenvalue weighted by atomic mass is 16.1. The first-order valence-electron chi connectivity index (χ1n) is 6.60. The Balaban J connectivity index is 2.19. The Hall–Kier alpha value is -2.37. The molecule has 6 nitrogen and oxygen atoms in total. The van der Waals surface area contributed by atoms with Crippen molar-refractivity contribution >= 4 is 17.3 Å². The Morgan fingerprint density at radius 2 is 2.20 bits per heavy atom. The average Bonchev–Trinajstić information content (AvgIpc) is 2.81. The fourth-order valence-electron chi connectivity index (χ4n) is 1.83. The van der Waals surface area contributed by atoms with Gasteiger partial charge in [0.15, 0.2) is 0 Å². The lowest BCUT2D eigenvalue weighted by Crippen LogP contribution is -2.15. The maximum Gasteiger partial charge on any atom is 0.259 e. The highest BCUT2D eigenvalue weighted by molar-refractivity contribution is 6.07. The number of hydrogen-bond donors (Lipinski definition) is 2. The Morgan fingerprint density at radius 3 is 2.85 bits per heavy atom. The number of pyridine rings is 1. The van der Waals surface area contributed by atoms with E-state index in [1.165, 1.54) is 0 Å². The summed E-state index contributed by atoms with van der Waals surface area (Å²) < 4.78 is 1.64. The Morgan fingerprint density at radius 1 is 1.40 bits per heavy atom. The van der Waals surface area contributed by atoms with Gasteiger partial charge in [0, 0.05) is 31.7 Å².